The van der Waals surface area contributed by atoms with Gasteiger partial charge in [-0.2, -0.15) is 0 Å². The van der Waals surface area contributed by atoms with E-state index in [0.717, 1.165) is 37.2 Å². The van der Waals surface area contributed by atoms with Crippen LogP contribution in [-0.2, 0) is 22.6 Å². The van der Waals surface area contributed by atoms with Gasteiger partial charge in [-0.1, -0.05) is 42.5 Å². The minimum absolute atomic E-state index is 0.00861. The molecule has 1 heterocycles. The van der Waals surface area contributed by atoms with E-state index in [-0.39, 0.29) is 23.9 Å². The second-order valence-corrected chi connectivity index (χ2v) is 7.70. The molecule has 2 amide bonds. The standard InChI is InChI=1S/C23H29N3O2/c1-17(2)24-22(27)15-18-10-12-20(13-11-18)25-23(28)21-9-6-14-26(21)16-19-7-4-3-5-8-19/h3-5,7-8,10-13,17,21H,6,9,14-16H2,1-2H3,(H,24,27)(H,25,28)/t21-/m1/s1. The van der Waals surface area contributed by atoms with Gasteiger partial charge in [0.2, 0.25) is 11.8 Å². The molecule has 1 aliphatic heterocycles. The maximum absolute atomic E-state index is 12.8. The molecule has 0 spiro atoms. The molecule has 5 nitrogen and oxygen atoms in total. The molecule has 2 N–H and O–H groups in total. The molecular formula is C23H29N3O2. The van der Waals surface area contributed by atoms with Gasteiger partial charge in [0, 0.05) is 18.3 Å². The van der Waals surface area contributed by atoms with Crippen molar-refractivity contribution in [2.75, 3.05) is 11.9 Å². The number of amides is 2. The Balaban J connectivity index is 1.55. The number of nitrogens with zero attached hydrogens (tertiary/aromatic N) is 1. The van der Waals surface area contributed by atoms with Crippen LogP contribution in [0, 0.1) is 0 Å². The van der Waals surface area contributed by atoms with E-state index < -0.39 is 0 Å². The minimum Gasteiger partial charge on any atom is -0.354 e. The maximum Gasteiger partial charge on any atom is 0.241 e. The summed E-state index contributed by atoms with van der Waals surface area (Å²) in [5.41, 5.74) is 2.93. The second kappa shape index (κ2) is 9.51. The summed E-state index contributed by atoms with van der Waals surface area (Å²) in [4.78, 5) is 26.9. The van der Waals surface area contributed by atoms with E-state index in [1.165, 1.54) is 5.56 Å². The molecule has 0 bridgehead atoms. The molecule has 1 fully saturated rings. The Bertz CT molecular complexity index is 787. The summed E-state index contributed by atoms with van der Waals surface area (Å²) in [6.07, 6.45) is 2.26. The van der Waals surface area contributed by atoms with E-state index >= 15 is 0 Å². The molecule has 0 saturated carbocycles. The molecule has 5 heteroatoms. The third-order valence-electron chi connectivity index (χ3n) is 4.93. The van der Waals surface area contributed by atoms with Gasteiger partial charge in [-0.05, 0) is 56.5 Å². The van der Waals surface area contributed by atoms with E-state index in [0.29, 0.717) is 6.42 Å². The molecule has 148 valence electrons. The van der Waals surface area contributed by atoms with Gasteiger partial charge in [-0.15, -0.1) is 0 Å². The first-order valence-corrected chi connectivity index (χ1v) is 9.98. The van der Waals surface area contributed by atoms with Crippen molar-refractivity contribution in [3.8, 4) is 0 Å². The summed E-state index contributed by atoms with van der Waals surface area (Å²) in [5.74, 6) is 0.0491. The van der Waals surface area contributed by atoms with Crippen LogP contribution in [0.15, 0.2) is 54.6 Å². The second-order valence-electron chi connectivity index (χ2n) is 7.70. The average Bonchev–Trinajstić information content (AvgIpc) is 3.12. The molecule has 1 saturated heterocycles. The summed E-state index contributed by atoms with van der Waals surface area (Å²) >= 11 is 0. The van der Waals surface area contributed by atoms with Crippen LogP contribution in [0.25, 0.3) is 0 Å². The number of carbonyl (C=O) groups is 2. The lowest BCUT2D eigenvalue weighted by Crippen LogP contribution is -2.39. The van der Waals surface area contributed by atoms with Crippen molar-refractivity contribution in [2.24, 2.45) is 0 Å². The van der Waals surface area contributed by atoms with Crippen LogP contribution in [0.3, 0.4) is 0 Å². The molecular weight excluding hydrogens is 350 g/mol. The highest BCUT2D eigenvalue weighted by Gasteiger charge is 2.30. The quantitative estimate of drug-likeness (QED) is 0.775. The third kappa shape index (κ3) is 5.67. The predicted octanol–water partition coefficient (Wildman–Crippen LogP) is 3.36. The first kappa shape index (κ1) is 20.1. The molecule has 0 radical (unpaired) electrons. The van der Waals surface area contributed by atoms with E-state index in [4.69, 9.17) is 0 Å². The van der Waals surface area contributed by atoms with Gasteiger partial charge in [0.25, 0.3) is 0 Å². The summed E-state index contributed by atoms with van der Waals surface area (Å²) < 4.78 is 0. The molecule has 3 rings (SSSR count). The highest BCUT2D eigenvalue weighted by atomic mass is 16.2. The number of hydrogen-bond donors (Lipinski definition) is 2. The van der Waals surface area contributed by atoms with Gasteiger partial charge >= 0.3 is 0 Å². The van der Waals surface area contributed by atoms with Crippen LogP contribution >= 0.6 is 0 Å². The largest absolute Gasteiger partial charge is 0.354 e. The van der Waals surface area contributed by atoms with Crippen molar-refractivity contribution in [2.45, 2.75) is 51.7 Å². The average molecular weight is 380 g/mol. The van der Waals surface area contributed by atoms with Crippen molar-refractivity contribution in [1.82, 2.24) is 10.2 Å². The topological polar surface area (TPSA) is 61.4 Å². The fourth-order valence-electron chi connectivity index (χ4n) is 3.62. The first-order chi connectivity index (χ1) is 13.5. The van der Waals surface area contributed by atoms with Crippen molar-refractivity contribution < 1.29 is 9.59 Å². The molecule has 28 heavy (non-hydrogen) atoms. The van der Waals surface area contributed by atoms with Crippen LogP contribution in [0.1, 0.15) is 37.8 Å². The number of anilines is 1. The Hall–Kier alpha value is -2.66. The van der Waals surface area contributed by atoms with E-state index in [1.54, 1.807) is 0 Å². The van der Waals surface area contributed by atoms with Gasteiger partial charge in [-0.3, -0.25) is 14.5 Å². The minimum atomic E-state index is -0.100. The highest BCUT2D eigenvalue weighted by molar-refractivity contribution is 5.95. The monoisotopic (exact) mass is 379 g/mol. The van der Waals surface area contributed by atoms with Crippen molar-refractivity contribution in [3.63, 3.8) is 0 Å². The molecule has 0 aliphatic carbocycles. The third-order valence-corrected chi connectivity index (χ3v) is 4.93. The number of rotatable bonds is 7. The van der Waals surface area contributed by atoms with Gasteiger partial charge in [0.15, 0.2) is 0 Å². The van der Waals surface area contributed by atoms with Gasteiger partial charge < -0.3 is 10.6 Å². The molecule has 1 aliphatic rings. The molecule has 2 aromatic rings. The van der Waals surface area contributed by atoms with Crippen LogP contribution < -0.4 is 10.6 Å². The lowest BCUT2D eigenvalue weighted by Gasteiger charge is -2.23. The summed E-state index contributed by atoms with van der Waals surface area (Å²) in [6, 6.07) is 17.8. The predicted molar refractivity (Wildman–Crippen MR) is 112 cm³/mol. The van der Waals surface area contributed by atoms with Gasteiger partial charge in [0.1, 0.15) is 0 Å². The molecule has 2 aromatic carbocycles. The smallest absolute Gasteiger partial charge is 0.241 e. The Labute approximate surface area is 167 Å². The van der Waals surface area contributed by atoms with Crippen LogP contribution in [0.4, 0.5) is 5.69 Å². The molecule has 0 unspecified atom stereocenters. The number of hydrogen-bond acceptors (Lipinski definition) is 3. The Kier molecular flexibility index (Phi) is 6.82. The van der Waals surface area contributed by atoms with Gasteiger partial charge in [-0.25, -0.2) is 0 Å². The van der Waals surface area contributed by atoms with Crippen molar-refractivity contribution >= 4 is 17.5 Å². The zero-order valence-electron chi connectivity index (χ0n) is 16.7. The maximum atomic E-state index is 12.8. The van der Waals surface area contributed by atoms with Crippen LogP contribution in [-0.4, -0.2) is 35.3 Å². The van der Waals surface area contributed by atoms with Crippen LogP contribution in [0.5, 0.6) is 0 Å². The molecule has 1 atom stereocenters. The summed E-state index contributed by atoms with van der Waals surface area (Å²) in [6.45, 7) is 5.63. The first-order valence-electron chi connectivity index (χ1n) is 9.98. The summed E-state index contributed by atoms with van der Waals surface area (Å²) in [5, 5.41) is 5.92. The SMILES string of the molecule is CC(C)NC(=O)Cc1ccc(NC(=O)[C@H]2CCCN2Cc2ccccc2)cc1. The highest BCUT2D eigenvalue weighted by Crippen LogP contribution is 2.22. The zero-order valence-corrected chi connectivity index (χ0v) is 16.7. The zero-order chi connectivity index (χ0) is 19.9. The number of carbonyl (C=O) groups excluding carboxylic acids is 2. The fourth-order valence-corrected chi connectivity index (χ4v) is 3.62. The number of benzene rings is 2. The van der Waals surface area contributed by atoms with E-state index in [1.807, 2.05) is 56.3 Å². The van der Waals surface area contributed by atoms with E-state index in [2.05, 4.69) is 27.7 Å². The van der Waals surface area contributed by atoms with Crippen LogP contribution in [0.2, 0.25) is 0 Å². The van der Waals surface area contributed by atoms with E-state index in [9.17, 15) is 9.59 Å². The molecule has 0 aromatic heterocycles. The lowest BCUT2D eigenvalue weighted by molar-refractivity contribution is -0.121. The Morgan fingerprint density at radius 3 is 2.43 bits per heavy atom. The Morgan fingerprint density at radius 1 is 1.04 bits per heavy atom. The lowest BCUT2D eigenvalue weighted by atomic mass is 10.1. The summed E-state index contributed by atoms with van der Waals surface area (Å²) in [7, 11) is 0. The van der Waals surface area contributed by atoms with Crippen molar-refractivity contribution in [3.05, 3.63) is 65.7 Å². The normalized spacial score (nSPS) is 16.9. The number of likely N-dealkylation sites (tertiary alicyclic amines) is 1. The Morgan fingerprint density at radius 2 is 1.75 bits per heavy atom. The number of nitrogens with one attached hydrogen (secondary N) is 2. The van der Waals surface area contributed by atoms with Crippen molar-refractivity contribution in [1.29, 1.82) is 0 Å². The van der Waals surface area contributed by atoms with Gasteiger partial charge in [0.05, 0.1) is 12.5 Å². The fraction of sp³-hybridized carbons (Fsp3) is 0.391.